The minimum Gasteiger partial charge on any atom is -0.371 e. The molecule has 0 amide bonds. The molecule has 0 bridgehead atoms. The van der Waals surface area contributed by atoms with Gasteiger partial charge >= 0.3 is 11.9 Å². The first-order valence-corrected chi connectivity index (χ1v) is 8.37. The van der Waals surface area contributed by atoms with Gasteiger partial charge in [0.05, 0.1) is 0 Å². The summed E-state index contributed by atoms with van der Waals surface area (Å²) in [7, 11) is 0. The van der Waals surface area contributed by atoms with Gasteiger partial charge in [-0.25, -0.2) is 0 Å². The Hall–Kier alpha value is -1.30. The van der Waals surface area contributed by atoms with E-state index in [1.54, 1.807) is 0 Å². The van der Waals surface area contributed by atoms with Crippen molar-refractivity contribution >= 4 is 11.9 Å². The maximum absolute atomic E-state index is 11.4. The third-order valence-corrected chi connectivity index (χ3v) is 2.83. The van der Waals surface area contributed by atoms with Gasteiger partial charge in [-0.2, -0.15) is 11.0 Å². The molecular formula is C14H32N6O4. The molecule has 0 saturated carbocycles. The van der Waals surface area contributed by atoms with Gasteiger partial charge in [0, 0.05) is 65.2 Å². The molecule has 0 aliphatic rings. The third-order valence-electron chi connectivity index (χ3n) is 2.83. The van der Waals surface area contributed by atoms with Crippen molar-refractivity contribution in [2.24, 2.45) is 11.5 Å². The van der Waals surface area contributed by atoms with Gasteiger partial charge in [-0.3, -0.25) is 9.59 Å². The standard InChI is InChI=1S/C14H32N6O4/c15-5-7-17-9-11-19-23-13(21)3-1-2-4-14(22)24-20-12-10-18-8-6-16/h17-20H,1-12,15-16H2. The van der Waals surface area contributed by atoms with E-state index in [1.165, 1.54) is 0 Å². The molecule has 0 heterocycles. The molecule has 0 radical (unpaired) electrons. The van der Waals surface area contributed by atoms with Crippen molar-refractivity contribution in [1.82, 2.24) is 21.6 Å². The Morgan fingerprint density at radius 1 is 0.667 bits per heavy atom. The van der Waals surface area contributed by atoms with Crippen molar-refractivity contribution < 1.29 is 19.3 Å². The maximum Gasteiger partial charge on any atom is 0.324 e. The molecule has 0 fully saturated rings. The second kappa shape index (κ2) is 18.0. The number of rotatable bonds is 17. The number of carbonyl (C=O) groups excluding carboxylic acids is 2. The van der Waals surface area contributed by atoms with Crippen LogP contribution in [0.1, 0.15) is 25.7 Å². The van der Waals surface area contributed by atoms with E-state index in [0.29, 0.717) is 52.1 Å². The summed E-state index contributed by atoms with van der Waals surface area (Å²) in [4.78, 5) is 32.5. The Balaban J connectivity index is 3.31. The van der Waals surface area contributed by atoms with Crippen LogP contribution in [0.2, 0.25) is 0 Å². The summed E-state index contributed by atoms with van der Waals surface area (Å²) in [6.07, 6.45) is 1.65. The minimum absolute atomic E-state index is 0.257. The van der Waals surface area contributed by atoms with Crippen LogP contribution >= 0.6 is 0 Å². The Labute approximate surface area is 143 Å². The van der Waals surface area contributed by atoms with E-state index in [9.17, 15) is 9.59 Å². The molecule has 0 saturated heterocycles. The van der Waals surface area contributed by atoms with Crippen LogP contribution in [0.25, 0.3) is 0 Å². The topological polar surface area (TPSA) is 153 Å². The van der Waals surface area contributed by atoms with Crippen molar-refractivity contribution in [1.29, 1.82) is 0 Å². The van der Waals surface area contributed by atoms with Crippen molar-refractivity contribution in [3.05, 3.63) is 0 Å². The second-order valence-electron chi connectivity index (χ2n) is 5.02. The van der Waals surface area contributed by atoms with Crippen LogP contribution in [-0.2, 0) is 19.3 Å². The van der Waals surface area contributed by atoms with Crippen LogP contribution in [0, 0.1) is 0 Å². The Bertz CT molecular complexity index is 290. The number of unbranched alkanes of at least 4 members (excludes halogenated alkanes) is 1. The Kier molecular flexibility index (Phi) is 17.1. The molecule has 8 N–H and O–H groups in total. The molecule has 0 atom stereocenters. The van der Waals surface area contributed by atoms with Gasteiger partial charge in [0.1, 0.15) is 0 Å². The lowest BCUT2D eigenvalue weighted by Gasteiger charge is -2.07. The highest BCUT2D eigenvalue weighted by atomic mass is 16.7. The summed E-state index contributed by atoms with van der Waals surface area (Å²) in [5, 5.41) is 6.12. The van der Waals surface area contributed by atoms with Crippen molar-refractivity contribution in [3.8, 4) is 0 Å². The molecule has 10 heteroatoms. The van der Waals surface area contributed by atoms with Crippen molar-refractivity contribution in [2.45, 2.75) is 25.7 Å². The largest absolute Gasteiger partial charge is 0.371 e. The van der Waals surface area contributed by atoms with Gasteiger partial charge in [-0.15, -0.1) is 0 Å². The summed E-state index contributed by atoms with van der Waals surface area (Å²) in [6, 6.07) is 0. The molecule has 0 aromatic rings. The SMILES string of the molecule is NCCNCCNOC(=O)CCCCC(=O)ONCCNCCN. The molecule has 0 aliphatic carbocycles. The molecule has 0 aliphatic heterocycles. The van der Waals surface area contributed by atoms with E-state index in [0.717, 1.165) is 13.1 Å². The molecule has 0 spiro atoms. The van der Waals surface area contributed by atoms with Crippen LogP contribution in [0.4, 0.5) is 0 Å². The molecule has 0 aromatic heterocycles. The predicted molar refractivity (Wildman–Crippen MR) is 90.5 cm³/mol. The van der Waals surface area contributed by atoms with E-state index in [2.05, 4.69) is 21.6 Å². The first kappa shape index (κ1) is 22.7. The fraction of sp³-hybridized carbons (Fsp3) is 0.857. The number of carbonyl (C=O) groups is 2. The molecule has 0 aromatic carbocycles. The van der Waals surface area contributed by atoms with Gasteiger partial charge in [0.2, 0.25) is 0 Å². The Morgan fingerprint density at radius 3 is 1.46 bits per heavy atom. The molecular weight excluding hydrogens is 316 g/mol. The van der Waals surface area contributed by atoms with Crippen molar-refractivity contribution in [3.63, 3.8) is 0 Å². The van der Waals surface area contributed by atoms with Gasteiger partial charge in [-0.1, -0.05) is 0 Å². The van der Waals surface area contributed by atoms with E-state index < -0.39 is 0 Å². The zero-order chi connectivity index (χ0) is 17.9. The smallest absolute Gasteiger partial charge is 0.324 e. The molecule has 10 nitrogen and oxygen atoms in total. The highest BCUT2D eigenvalue weighted by molar-refractivity contribution is 5.70. The first-order valence-electron chi connectivity index (χ1n) is 8.37. The average molecular weight is 348 g/mol. The summed E-state index contributed by atoms with van der Waals surface area (Å²) < 4.78 is 0. The minimum atomic E-state index is -0.341. The van der Waals surface area contributed by atoms with Crippen LogP contribution in [0.5, 0.6) is 0 Å². The summed E-state index contributed by atoms with van der Waals surface area (Å²) in [6.45, 7) is 4.98. The zero-order valence-electron chi connectivity index (χ0n) is 14.3. The van der Waals surface area contributed by atoms with Gasteiger partial charge < -0.3 is 31.8 Å². The molecule has 24 heavy (non-hydrogen) atoms. The van der Waals surface area contributed by atoms with E-state index >= 15 is 0 Å². The van der Waals surface area contributed by atoms with E-state index in [1.807, 2.05) is 0 Å². The van der Waals surface area contributed by atoms with Gasteiger partial charge in [0.15, 0.2) is 0 Å². The molecule has 0 unspecified atom stereocenters. The van der Waals surface area contributed by atoms with Crippen LogP contribution in [-0.4, -0.2) is 64.3 Å². The summed E-state index contributed by atoms with van der Waals surface area (Å²) >= 11 is 0. The molecule has 142 valence electrons. The maximum atomic E-state index is 11.4. The molecule has 0 rings (SSSR count). The summed E-state index contributed by atoms with van der Waals surface area (Å²) in [5.74, 6) is -0.683. The fourth-order valence-electron chi connectivity index (χ4n) is 1.64. The average Bonchev–Trinajstić information content (AvgIpc) is 2.58. The predicted octanol–water partition coefficient (Wildman–Crippen LogP) is -2.26. The lowest BCUT2D eigenvalue weighted by molar-refractivity contribution is -0.153. The zero-order valence-corrected chi connectivity index (χ0v) is 14.3. The number of nitrogens with two attached hydrogens (primary N) is 2. The normalized spacial score (nSPS) is 10.6. The summed E-state index contributed by atoms with van der Waals surface area (Å²) in [5.41, 5.74) is 15.8. The van der Waals surface area contributed by atoms with Crippen molar-refractivity contribution in [2.75, 3.05) is 52.4 Å². The second-order valence-corrected chi connectivity index (χ2v) is 5.02. The first-order chi connectivity index (χ1) is 11.7. The van der Waals surface area contributed by atoms with E-state index in [-0.39, 0.29) is 24.8 Å². The van der Waals surface area contributed by atoms with E-state index in [4.69, 9.17) is 21.1 Å². The van der Waals surface area contributed by atoms with Crippen LogP contribution in [0.3, 0.4) is 0 Å². The number of hydroxylamine groups is 2. The number of hydrogen-bond acceptors (Lipinski definition) is 10. The number of nitrogens with one attached hydrogen (secondary N) is 4. The van der Waals surface area contributed by atoms with Gasteiger partial charge in [-0.05, 0) is 12.8 Å². The lowest BCUT2D eigenvalue weighted by Crippen LogP contribution is -2.32. The third kappa shape index (κ3) is 17.1. The lowest BCUT2D eigenvalue weighted by atomic mass is 10.2. The number of hydrogen-bond donors (Lipinski definition) is 6. The van der Waals surface area contributed by atoms with Crippen LogP contribution in [0.15, 0.2) is 0 Å². The highest BCUT2D eigenvalue weighted by Gasteiger charge is 2.06. The fourth-order valence-corrected chi connectivity index (χ4v) is 1.64. The monoisotopic (exact) mass is 348 g/mol. The Morgan fingerprint density at radius 2 is 1.08 bits per heavy atom. The quantitative estimate of drug-likeness (QED) is 0.125. The highest BCUT2D eigenvalue weighted by Crippen LogP contribution is 2.01. The van der Waals surface area contributed by atoms with Crippen LogP contribution < -0.4 is 33.1 Å². The van der Waals surface area contributed by atoms with Gasteiger partial charge in [0.25, 0.3) is 0 Å².